The van der Waals surface area contributed by atoms with E-state index in [1.807, 2.05) is 6.07 Å². The molecule has 2 aromatic carbocycles. The molecule has 0 fully saturated rings. The molecule has 0 aliphatic carbocycles. The Balaban J connectivity index is 2.39. The maximum atomic E-state index is 13.7. The fourth-order valence-corrected chi connectivity index (χ4v) is 2.17. The SMILES string of the molecule is N#Cc1ccc(Nc2cc(F)c(C(=O)O)cc2N)c(Br)c1. The number of hydrogen-bond donors (Lipinski definition) is 3. The van der Waals surface area contributed by atoms with Crippen molar-refractivity contribution >= 4 is 39.0 Å². The van der Waals surface area contributed by atoms with Crippen LogP contribution in [0.5, 0.6) is 0 Å². The van der Waals surface area contributed by atoms with Gasteiger partial charge in [0.15, 0.2) is 0 Å². The Kier molecular flexibility index (Phi) is 4.10. The molecule has 0 atom stereocenters. The smallest absolute Gasteiger partial charge is 0.338 e. The van der Waals surface area contributed by atoms with Crippen molar-refractivity contribution in [3.05, 3.63) is 51.7 Å². The number of nitrogens with two attached hydrogens (primary N) is 1. The third kappa shape index (κ3) is 3.12. The minimum absolute atomic E-state index is 0.102. The van der Waals surface area contributed by atoms with Crippen LogP contribution in [0.15, 0.2) is 34.8 Å². The van der Waals surface area contributed by atoms with E-state index < -0.39 is 17.3 Å². The number of nitrogen functional groups attached to an aromatic ring is 1. The van der Waals surface area contributed by atoms with Crippen molar-refractivity contribution in [2.45, 2.75) is 0 Å². The summed E-state index contributed by atoms with van der Waals surface area (Å²) in [6.45, 7) is 0. The summed E-state index contributed by atoms with van der Waals surface area (Å²) in [5, 5.41) is 20.5. The number of hydrogen-bond acceptors (Lipinski definition) is 4. The number of nitrogens with one attached hydrogen (secondary N) is 1. The first-order valence-corrected chi connectivity index (χ1v) is 6.50. The second kappa shape index (κ2) is 5.81. The molecule has 2 rings (SSSR count). The zero-order valence-electron chi connectivity index (χ0n) is 10.5. The van der Waals surface area contributed by atoms with Gasteiger partial charge in [0.25, 0.3) is 0 Å². The average molecular weight is 350 g/mol. The Morgan fingerprint density at radius 3 is 2.62 bits per heavy atom. The van der Waals surface area contributed by atoms with Crippen molar-refractivity contribution in [2.24, 2.45) is 0 Å². The molecule has 0 aliphatic heterocycles. The van der Waals surface area contributed by atoms with E-state index in [-0.39, 0.29) is 11.4 Å². The van der Waals surface area contributed by atoms with Crippen molar-refractivity contribution in [2.75, 3.05) is 11.1 Å². The summed E-state index contributed by atoms with van der Waals surface area (Å²) in [6, 6.07) is 8.88. The highest BCUT2D eigenvalue weighted by molar-refractivity contribution is 9.10. The number of carboxylic acid groups (broad SMARTS) is 1. The van der Waals surface area contributed by atoms with Gasteiger partial charge in [0.05, 0.1) is 34.3 Å². The minimum Gasteiger partial charge on any atom is -0.478 e. The van der Waals surface area contributed by atoms with Crippen LogP contribution in [-0.2, 0) is 0 Å². The average Bonchev–Trinajstić information content (AvgIpc) is 2.44. The lowest BCUT2D eigenvalue weighted by Crippen LogP contribution is -2.05. The van der Waals surface area contributed by atoms with E-state index in [4.69, 9.17) is 16.1 Å². The fraction of sp³-hybridized carbons (Fsp3) is 0. The number of halogens is 2. The maximum absolute atomic E-state index is 13.7. The quantitative estimate of drug-likeness (QED) is 0.736. The zero-order valence-corrected chi connectivity index (χ0v) is 12.1. The number of rotatable bonds is 3. The summed E-state index contributed by atoms with van der Waals surface area (Å²) in [4.78, 5) is 10.8. The number of carbonyl (C=O) groups is 1. The van der Waals surface area contributed by atoms with Gasteiger partial charge in [-0.25, -0.2) is 9.18 Å². The van der Waals surface area contributed by atoms with Crippen LogP contribution in [0, 0.1) is 17.1 Å². The molecular weight excluding hydrogens is 341 g/mol. The van der Waals surface area contributed by atoms with Gasteiger partial charge in [-0.2, -0.15) is 5.26 Å². The van der Waals surface area contributed by atoms with Crippen LogP contribution in [0.25, 0.3) is 0 Å². The molecule has 2 aromatic rings. The summed E-state index contributed by atoms with van der Waals surface area (Å²) < 4.78 is 14.3. The molecule has 0 radical (unpaired) electrons. The van der Waals surface area contributed by atoms with Gasteiger partial charge < -0.3 is 16.2 Å². The van der Waals surface area contributed by atoms with Crippen molar-refractivity contribution in [1.82, 2.24) is 0 Å². The van der Waals surface area contributed by atoms with Gasteiger partial charge in [-0.05, 0) is 40.2 Å². The lowest BCUT2D eigenvalue weighted by atomic mass is 10.1. The molecular formula is C14H9BrFN3O2. The third-order valence-corrected chi connectivity index (χ3v) is 3.39. The number of anilines is 3. The van der Waals surface area contributed by atoms with E-state index in [0.717, 1.165) is 12.1 Å². The van der Waals surface area contributed by atoms with Crippen LogP contribution in [0.1, 0.15) is 15.9 Å². The van der Waals surface area contributed by atoms with E-state index in [9.17, 15) is 9.18 Å². The third-order valence-electron chi connectivity index (χ3n) is 2.74. The van der Waals surface area contributed by atoms with Crippen molar-refractivity contribution in [3.63, 3.8) is 0 Å². The molecule has 5 nitrogen and oxygen atoms in total. The Morgan fingerprint density at radius 2 is 2.05 bits per heavy atom. The van der Waals surface area contributed by atoms with Gasteiger partial charge in [-0.1, -0.05) is 0 Å². The van der Waals surface area contributed by atoms with Crippen molar-refractivity contribution < 1.29 is 14.3 Å². The molecule has 0 amide bonds. The van der Waals surface area contributed by atoms with Gasteiger partial charge in [0, 0.05) is 10.5 Å². The number of carboxylic acids is 1. The van der Waals surface area contributed by atoms with E-state index in [2.05, 4.69) is 21.2 Å². The second-order valence-corrected chi connectivity index (χ2v) is 5.01. The topological polar surface area (TPSA) is 99.1 Å². The Labute approximate surface area is 127 Å². The molecule has 21 heavy (non-hydrogen) atoms. The number of benzene rings is 2. The highest BCUT2D eigenvalue weighted by Gasteiger charge is 2.14. The molecule has 0 heterocycles. The fourth-order valence-electron chi connectivity index (χ4n) is 1.69. The highest BCUT2D eigenvalue weighted by atomic mass is 79.9. The Morgan fingerprint density at radius 1 is 1.33 bits per heavy atom. The number of nitriles is 1. The lowest BCUT2D eigenvalue weighted by molar-refractivity contribution is 0.0692. The first-order chi connectivity index (χ1) is 9.92. The van der Waals surface area contributed by atoms with Crippen molar-refractivity contribution in [3.8, 4) is 6.07 Å². The Bertz CT molecular complexity index is 772. The van der Waals surface area contributed by atoms with Crippen LogP contribution in [0.3, 0.4) is 0 Å². The van der Waals surface area contributed by atoms with Crippen LogP contribution in [-0.4, -0.2) is 11.1 Å². The Hall–Kier alpha value is -2.59. The minimum atomic E-state index is -1.38. The maximum Gasteiger partial charge on any atom is 0.338 e. The van der Waals surface area contributed by atoms with Gasteiger partial charge in [0.1, 0.15) is 5.82 Å². The molecule has 0 bridgehead atoms. The van der Waals surface area contributed by atoms with Crippen molar-refractivity contribution in [1.29, 1.82) is 5.26 Å². The van der Waals surface area contributed by atoms with Crippen LogP contribution < -0.4 is 11.1 Å². The molecule has 7 heteroatoms. The predicted molar refractivity (Wildman–Crippen MR) is 79.9 cm³/mol. The molecule has 0 unspecified atom stereocenters. The molecule has 0 aliphatic rings. The standard InChI is InChI=1S/C14H9BrFN3O2/c15-9-3-7(6-17)1-2-12(9)19-13-5-10(16)8(14(20)21)4-11(13)18/h1-5,19H,18H2,(H,20,21). The monoisotopic (exact) mass is 349 g/mol. The summed E-state index contributed by atoms with van der Waals surface area (Å²) in [6.07, 6.45) is 0. The summed E-state index contributed by atoms with van der Waals surface area (Å²) in [5.41, 5.74) is 6.61. The van der Waals surface area contributed by atoms with Crippen LogP contribution in [0.4, 0.5) is 21.5 Å². The van der Waals surface area contributed by atoms with E-state index in [1.54, 1.807) is 18.2 Å². The van der Waals surface area contributed by atoms with E-state index >= 15 is 0 Å². The number of aromatic carboxylic acids is 1. The van der Waals surface area contributed by atoms with Gasteiger partial charge in [-0.15, -0.1) is 0 Å². The van der Waals surface area contributed by atoms with Gasteiger partial charge >= 0.3 is 5.97 Å². The van der Waals surface area contributed by atoms with E-state index in [1.165, 1.54) is 0 Å². The molecule has 0 spiro atoms. The first kappa shape index (κ1) is 14.8. The highest BCUT2D eigenvalue weighted by Crippen LogP contribution is 2.31. The predicted octanol–water partition coefficient (Wildman–Crippen LogP) is 3.48. The normalized spacial score (nSPS) is 9.95. The van der Waals surface area contributed by atoms with E-state index in [0.29, 0.717) is 15.7 Å². The number of nitrogens with zero attached hydrogens (tertiary/aromatic N) is 1. The summed E-state index contributed by atoms with van der Waals surface area (Å²) in [5.74, 6) is -2.27. The summed E-state index contributed by atoms with van der Waals surface area (Å²) in [7, 11) is 0. The molecule has 106 valence electrons. The van der Waals surface area contributed by atoms with Crippen LogP contribution >= 0.6 is 15.9 Å². The second-order valence-electron chi connectivity index (χ2n) is 4.16. The molecule has 0 saturated heterocycles. The zero-order chi connectivity index (χ0) is 15.6. The molecule has 4 N–H and O–H groups in total. The lowest BCUT2D eigenvalue weighted by Gasteiger charge is -2.12. The van der Waals surface area contributed by atoms with Crippen LogP contribution in [0.2, 0.25) is 0 Å². The van der Waals surface area contributed by atoms with Gasteiger partial charge in [-0.3, -0.25) is 0 Å². The largest absolute Gasteiger partial charge is 0.478 e. The first-order valence-electron chi connectivity index (χ1n) is 5.71. The van der Waals surface area contributed by atoms with Gasteiger partial charge in [0.2, 0.25) is 0 Å². The molecule has 0 saturated carbocycles. The summed E-state index contributed by atoms with van der Waals surface area (Å²) >= 11 is 3.28. The molecule has 0 aromatic heterocycles.